The van der Waals surface area contributed by atoms with Gasteiger partial charge in [-0.15, -0.1) is 0 Å². The standard InChI is InChI=1S/C11H15F4N3O2S/c12-10(13)11(14,15)6-17-21(19,20)9-3-8(4-16)18(5-9)7-1-2-7/h3,5,7,10,17H,1-2,4,6,16H2. The van der Waals surface area contributed by atoms with Gasteiger partial charge in [-0.2, -0.15) is 8.78 Å². The van der Waals surface area contributed by atoms with Gasteiger partial charge in [-0.1, -0.05) is 0 Å². The largest absolute Gasteiger partial charge is 0.346 e. The maximum absolute atomic E-state index is 12.8. The third-order valence-corrected chi connectivity index (χ3v) is 4.55. The molecule has 0 saturated heterocycles. The van der Waals surface area contributed by atoms with Crippen molar-refractivity contribution in [2.75, 3.05) is 6.54 Å². The number of nitrogens with two attached hydrogens (primary N) is 1. The van der Waals surface area contributed by atoms with E-state index in [0.717, 1.165) is 12.8 Å². The van der Waals surface area contributed by atoms with E-state index in [-0.39, 0.29) is 17.5 Å². The lowest BCUT2D eigenvalue weighted by Crippen LogP contribution is -2.41. The number of rotatable bonds is 7. The number of nitrogens with zero attached hydrogens (tertiary/aromatic N) is 1. The first kappa shape index (κ1) is 16.2. The number of hydrogen-bond acceptors (Lipinski definition) is 3. The molecule has 10 heteroatoms. The Kier molecular flexibility index (Phi) is 4.31. The van der Waals surface area contributed by atoms with E-state index in [9.17, 15) is 26.0 Å². The molecule has 1 fully saturated rings. The molecule has 0 bridgehead atoms. The number of aromatic nitrogens is 1. The van der Waals surface area contributed by atoms with E-state index in [0.29, 0.717) is 5.69 Å². The molecule has 2 rings (SSSR count). The fourth-order valence-corrected chi connectivity index (χ4v) is 2.94. The van der Waals surface area contributed by atoms with E-state index in [1.165, 1.54) is 17.0 Å². The van der Waals surface area contributed by atoms with Crippen LogP contribution in [0.2, 0.25) is 0 Å². The molecule has 1 saturated carbocycles. The van der Waals surface area contributed by atoms with Gasteiger partial charge in [0.05, 0.1) is 11.4 Å². The molecular weight excluding hydrogens is 314 g/mol. The van der Waals surface area contributed by atoms with Gasteiger partial charge >= 0.3 is 12.3 Å². The molecule has 0 aromatic carbocycles. The Balaban J connectivity index is 2.16. The van der Waals surface area contributed by atoms with Crippen LogP contribution in [0.3, 0.4) is 0 Å². The summed E-state index contributed by atoms with van der Waals surface area (Å²) < 4.78 is 76.6. The molecule has 0 atom stereocenters. The number of halogens is 4. The smallest absolute Gasteiger partial charge is 0.320 e. The highest BCUT2D eigenvalue weighted by Gasteiger charge is 2.41. The molecule has 1 heterocycles. The second kappa shape index (κ2) is 5.58. The monoisotopic (exact) mass is 329 g/mol. The maximum atomic E-state index is 12.8. The molecule has 0 radical (unpaired) electrons. The van der Waals surface area contributed by atoms with Crippen LogP contribution in [0.1, 0.15) is 24.6 Å². The Morgan fingerprint density at radius 2 is 2.05 bits per heavy atom. The van der Waals surface area contributed by atoms with Crippen molar-refractivity contribution < 1.29 is 26.0 Å². The Labute approximate surface area is 119 Å². The molecule has 1 aromatic rings. The predicted molar refractivity (Wildman–Crippen MR) is 66.7 cm³/mol. The molecule has 3 N–H and O–H groups in total. The molecule has 0 spiro atoms. The Morgan fingerprint density at radius 1 is 1.43 bits per heavy atom. The normalized spacial score (nSPS) is 16.7. The summed E-state index contributed by atoms with van der Waals surface area (Å²) >= 11 is 0. The van der Waals surface area contributed by atoms with Gasteiger partial charge in [0, 0.05) is 24.5 Å². The van der Waals surface area contributed by atoms with Crippen molar-refractivity contribution >= 4 is 10.0 Å². The zero-order chi connectivity index (χ0) is 15.8. The lowest BCUT2D eigenvalue weighted by atomic mass is 10.4. The van der Waals surface area contributed by atoms with Gasteiger partial charge in [0.15, 0.2) is 0 Å². The van der Waals surface area contributed by atoms with Crippen LogP contribution in [0.5, 0.6) is 0 Å². The second-order valence-electron chi connectivity index (χ2n) is 4.90. The van der Waals surface area contributed by atoms with E-state index in [1.54, 1.807) is 4.57 Å². The summed E-state index contributed by atoms with van der Waals surface area (Å²) in [5, 5.41) is 0. The van der Waals surface area contributed by atoms with Gasteiger partial charge in [0.25, 0.3) is 0 Å². The Morgan fingerprint density at radius 3 is 2.52 bits per heavy atom. The first-order chi connectivity index (χ1) is 9.67. The summed E-state index contributed by atoms with van der Waals surface area (Å²) in [6.45, 7) is -1.56. The minimum Gasteiger partial charge on any atom is -0.346 e. The van der Waals surface area contributed by atoms with Crippen LogP contribution < -0.4 is 10.5 Å². The zero-order valence-electron chi connectivity index (χ0n) is 10.9. The lowest BCUT2D eigenvalue weighted by Gasteiger charge is -2.15. The number of nitrogens with one attached hydrogen (secondary N) is 1. The molecule has 1 aliphatic carbocycles. The van der Waals surface area contributed by atoms with Crippen LogP contribution in [-0.2, 0) is 16.6 Å². The quantitative estimate of drug-likeness (QED) is 0.744. The van der Waals surface area contributed by atoms with Gasteiger partial charge in [0.1, 0.15) is 0 Å². The van der Waals surface area contributed by atoms with E-state index in [2.05, 4.69) is 0 Å². The first-order valence-corrected chi connectivity index (χ1v) is 7.72. The maximum Gasteiger partial charge on any atom is 0.320 e. The van der Waals surface area contributed by atoms with Crippen LogP contribution in [0.4, 0.5) is 17.6 Å². The van der Waals surface area contributed by atoms with Gasteiger partial charge in [-0.05, 0) is 18.9 Å². The summed E-state index contributed by atoms with van der Waals surface area (Å²) in [5.74, 6) is -4.41. The van der Waals surface area contributed by atoms with Crippen LogP contribution in [0, 0.1) is 0 Å². The van der Waals surface area contributed by atoms with Crippen molar-refractivity contribution in [1.29, 1.82) is 0 Å². The summed E-state index contributed by atoms with van der Waals surface area (Å²) in [4.78, 5) is -0.250. The van der Waals surface area contributed by atoms with E-state index < -0.39 is 28.9 Å². The molecule has 0 aliphatic heterocycles. The zero-order valence-corrected chi connectivity index (χ0v) is 11.7. The highest BCUT2D eigenvalue weighted by Crippen LogP contribution is 2.37. The molecule has 5 nitrogen and oxygen atoms in total. The fourth-order valence-electron chi connectivity index (χ4n) is 1.85. The van der Waals surface area contributed by atoms with E-state index in [4.69, 9.17) is 5.73 Å². The first-order valence-electron chi connectivity index (χ1n) is 6.24. The third-order valence-electron chi connectivity index (χ3n) is 3.18. The SMILES string of the molecule is NCc1cc(S(=O)(=O)NCC(F)(F)C(F)F)cn1C1CC1. The van der Waals surface area contributed by atoms with Crippen LogP contribution in [-0.4, -0.2) is 31.9 Å². The molecular formula is C11H15F4N3O2S. The van der Waals surface area contributed by atoms with Crippen molar-refractivity contribution in [3.63, 3.8) is 0 Å². The second-order valence-corrected chi connectivity index (χ2v) is 6.66. The summed E-state index contributed by atoms with van der Waals surface area (Å²) in [6.07, 6.45) is -0.866. The van der Waals surface area contributed by atoms with Gasteiger partial charge in [-0.25, -0.2) is 21.9 Å². The van der Waals surface area contributed by atoms with Crippen molar-refractivity contribution in [3.05, 3.63) is 18.0 Å². The van der Waals surface area contributed by atoms with E-state index in [1.807, 2.05) is 0 Å². The van der Waals surface area contributed by atoms with Crippen molar-refractivity contribution in [2.24, 2.45) is 5.73 Å². The lowest BCUT2D eigenvalue weighted by molar-refractivity contribution is -0.122. The van der Waals surface area contributed by atoms with Gasteiger partial charge < -0.3 is 10.3 Å². The van der Waals surface area contributed by atoms with E-state index >= 15 is 0 Å². The summed E-state index contributed by atoms with van der Waals surface area (Å²) in [5.41, 5.74) is 6.05. The van der Waals surface area contributed by atoms with Crippen LogP contribution >= 0.6 is 0 Å². The van der Waals surface area contributed by atoms with Crippen LogP contribution in [0.25, 0.3) is 0 Å². The number of alkyl halides is 4. The number of hydrogen-bond donors (Lipinski definition) is 2. The topological polar surface area (TPSA) is 77.1 Å². The average Bonchev–Trinajstić information content (AvgIpc) is 3.15. The number of sulfonamides is 1. The molecule has 21 heavy (non-hydrogen) atoms. The van der Waals surface area contributed by atoms with Crippen LogP contribution in [0.15, 0.2) is 17.2 Å². The highest BCUT2D eigenvalue weighted by atomic mass is 32.2. The average molecular weight is 329 g/mol. The molecule has 1 aliphatic rings. The minimum absolute atomic E-state index is 0.0964. The summed E-state index contributed by atoms with van der Waals surface area (Å²) in [7, 11) is -4.28. The molecule has 1 aromatic heterocycles. The Hall–Kier alpha value is -1.13. The van der Waals surface area contributed by atoms with Gasteiger partial charge in [-0.3, -0.25) is 0 Å². The Bertz CT molecular complexity index is 611. The minimum atomic E-state index is -4.41. The van der Waals surface area contributed by atoms with Crippen molar-refractivity contribution in [1.82, 2.24) is 9.29 Å². The van der Waals surface area contributed by atoms with Crippen molar-refractivity contribution in [3.8, 4) is 0 Å². The molecule has 0 amide bonds. The fraction of sp³-hybridized carbons (Fsp3) is 0.636. The highest BCUT2D eigenvalue weighted by molar-refractivity contribution is 7.89. The molecule has 120 valence electrons. The third kappa shape index (κ3) is 3.55. The molecule has 0 unspecified atom stereocenters. The van der Waals surface area contributed by atoms with Gasteiger partial charge in [0.2, 0.25) is 10.0 Å². The van der Waals surface area contributed by atoms with Crippen molar-refractivity contribution in [2.45, 2.75) is 42.7 Å². The predicted octanol–water partition coefficient (Wildman–Crippen LogP) is 1.46. The summed E-state index contributed by atoms with van der Waals surface area (Å²) in [6, 6.07) is 1.43.